The molecule has 4 aromatic carbocycles. The van der Waals surface area contributed by atoms with E-state index in [1.54, 1.807) is 0 Å². The van der Waals surface area contributed by atoms with Crippen molar-refractivity contribution < 1.29 is 18.7 Å². The quantitative estimate of drug-likeness (QED) is 0.0404. The van der Waals surface area contributed by atoms with Crippen LogP contribution in [0.15, 0.2) is 121 Å². The Kier molecular flexibility index (Phi) is 21.4. The molecule has 0 spiro atoms. The summed E-state index contributed by atoms with van der Waals surface area (Å²) in [5.74, 6) is -0.0804. The molecular weight excluding hydrogens is 755 g/mol. The van der Waals surface area contributed by atoms with Gasteiger partial charge in [0.05, 0.1) is 12.3 Å². The van der Waals surface area contributed by atoms with Gasteiger partial charge in [0.25, 0.3) is 0 Å². The van der Waals surface area contributed by atoms with Crippen molar-refractivity contribution in [2.75, 3.05) is 38.5 Å². The highest BCUT2D eigenvalue weighted by molar-refractivity contribution is 7.79. The minimum Gasteiger partial charge on any atom is -0.342 e. The Labute approximate surface area is 351 Å². The lowest BCUT2D eigenvalue weighted by molar-refractivity contribution is -0.129. The molecule has 0 aliphatic carbocycles. The molecule has 314 valence electrons. The van der Waals surface area contributed by atoms with Crippen LogP contribution in [0, 0.1) is 0 Å². The second kappa shape index (κ2) is 26.4. The summed E-state index contributed by atoms with van der Waals surface area (Å²) in [4.78, 5) is 32.2. The fraction of sp³-hybridized carbons (Fsp3) is 0.480. The first-order valence-electron chi connectivity index (χ1n) is 22.3. The summed E-state index contributed by atoms with van der Waals surface area (Å²) in [7, 11) is -6.36. The zero-order chi connectivity index (χ0) is 41.3. The maximum Gasteiger partial charge on any atom is 0.230 e. The normalized spacial score (nSPS) is 11.7. The molecule has 0 saturated heterocycles. The van der Waals surface area contributed by atoms with E-state index in [1.807, 2.05) is 131 Å². The van der Waals surface area contributed by atoms with E-state index in [0.29, 0.717) is 26.2 Å². The molecule has 0 aliphatic heterocycles. The number of unbranched alkanes of at least 4 members (excludes halogenated alkanes) is 13. The summed E-state index contributed by atoms with van der Waals surface area (Å²) in [6, 6.07) is 38.0. The van der Waals surface area contributed by atoms with Crippen LogP contribution in [-0.4, -0.2) is 60.1 Å². The summed E-state index contributed by atoms with van der Waals surface area (Å²) >= 11 is 0. The number of hydrogen-bond donors (Lipinski definition) is 0. The van der Waals surface area contributed by atoms with E-state index in [0.717, 1.165) is 72.6 Å². The molecule has 6 nitrogen and oxygen atoms in total. The molecule has 4 rings (SSSR count). The molecule has 0 saturated carbocycles. The molecule has 0 bridgehead atoms. The van der Waals surface area contributed by atoms with Crippen LogP contribution in [-0.2, 0) is 18.7 Å². The number of hydrogen-bond acceptors (Lipinski definition) is 4. The third-order valence-corrected chi connectivity index (χ3v) is 17.2. The van der Waals surface area contributed by atoms with Gasteiger partial charge in [-0.05, 0) is 25.7 Å². The molecule has 0 N–H and O–H groups in total. The third-order valence-electron chi connectivity index (χ3n) is 11.3. The third kappa shape index (κ3) is 15.1. The van der Waals surface area contributed by atoms with Crippen molar-refractivity contribution in [2.45, 2.75) is 117 Å². The van der Waals surface area contributed by atoms with Gasteiger partial charge in [0.15, 0.2) is 14.3 Å². The summed E-state index contributed by atoms with van der Waals surface area (Å²) in [5, 5.41) is 2.88. The Hall–Kier alpha value is -3.72. The molecule has 0 atom stereocenters. The summed E-state index contributed by atoms with van der Waals surface area (Å²) in [6.07, 6.45) is 17.3. The van der Waals surface area contributed by atoms with Gasteiger partial charge in [0.1, 0.15) is 0 Å². The molecule has 0 radical (unpaired) electrons. The first-order chi connectivity index (χ1) is 28.3. The Balaban J connectivity index is 1.39. The zero-order valence-electron chi connectivity index (χ0n) is 35.5. The number of benzene rings is 4. The van der Waals surface area contributed by atoms with E-state index in [1.165, 1.54) is 51.4 Å². The second-order valence-electron chi connectivity index (χ2n) is 15.8. The first kappa shape index (κ1) is 47.0. The number of rotatable bonds is 29. The van der Waals surface area contributed by atoms with Gasteiger partial charge in [-0.2, -0.15) is 0 Å². The standard InChI is InChI=1S/C50H70N2O4P2/c1-3-5-7-9-11-27-39-51(49(53)43-57(55,45-31-19-15-20-32-45)46-33-21-16-22-34-46)41-29-13-14-30-42-52(40-28-12-10-8-6-4-2)50(54)44-58(56,47-35-23-17-24-36-47)48-37-25-18-26-38-48/h15-26,31-38H,3-14,27-30,39-44H2,1-2H3. The van der Waals surface area contributed by atoms with E-state index in [-0.39, 0.29) is 24.1 Å². The molecule has 0 aliphatic rings. The highest BCUT2D eigenvalue weighted by Gasteiger charge is 2.33. The lowest BCUT2D eigenvalue weighted by Crippen LogP contribution is -2.37. The smallest absolute Gasteiger partial charge is 0.230 e. The predicted octanol–water partition coefficient (Wildman–Crippen LogP) is 11.0. The van der Waals surface area contributed by atoms with Gasteiger partial charge in [0, 0.05) is 47.4 Å². The molecule has 4 aromatic rings. The van der Waals surface area contributed by atoms with Crippen molar-refractivity contribution in [3.05, 3.63) is 121 Å². The van der Waals surface area contributed by atoms with E-state index >= 15 is 0 Å². The van der Waals surface area contributed by atoms with Gasteiger partial charge < -0.3 is 18.9 Å². The van der Waals surface area contributed by atoms with Gasteiger partial charge in [-0.15, -0.1) is 0 Å². The Morgan fingerprint density at radius 1 is 0.362 bits per heavy atom. The molecular formula is C50H70N2O4P2. The second-order valence-corrected chi connectivity index (χ2v) is 21.5. The molecule has 8 heteroatoms. The topological polar surface area (TPSA) is 74.8 Å². The molecule has 0 fully saturated rings. The summed E-state index contributed by atoms with van der Waals surface area (Å²) in [5.41, 5.74) is 0. The van der Waals surface area contributed by atoms with Crippen LogP contribution in [0.4, 0.5) is 0 Å². The molecule has 0 unspecified atom stereocenters. The largest absolute Gasteiger partial charge is 0.342 e. The molecule has 0 heterocycles. The molecule has 0 aromatic heterocycles. The van der Waals surface area contributed by atoms with Crippen LogP contribution < -0.4 is 21.2 Å². The SMILES string of the molecule is CCCCCCCCN(CCCCCCN(CCCCCCCC)C(=O)CP(=O)(c1ccccc1)c1ccccc1)C(=O)CP(=O)(c1ccccc1)c1ccccc1. The minimum atomic E-state index is -3.18. The first-order valence-corrected chi connectivity index (χ1v) is 26.1. The van der Waals surface area contributed by atoms with E-state index in [4.69, 9.17) is 0 Å². The fourth-order valence-corrected chi connectivity index (χ4v) is 12.9. The average Bonchev–Trinajstić information content (AvgIpc) is 3.26. The summed E-state index contributed by atoms with van der Waals surface area (Å²) < 4.78 is 29.6. The number of carbonyl (C=O) groups excluding carboxylic acids is 2. The number of nitrogens with zero attached hydrogens (tertiary/aromatic N) is 2. The van der Waals surface area contributed by atoms with Crippen molar-refractivity contribution in [3.63, 3.8) is 0 Å². The van der Waals surface area contributed by atoms with Gasteiger partial charge >= 0.3 is 0 Å². The van der Waals surface area contributed by atoms with Gasteiger partial charge in [-0.3, -0.25) is 9.59 Å². The average molecular weight is 825 g/mol. The van der Waals surface area contributed by atoms with Crippen LogP contribution in [0.25, 0.3) is 0 Å². The molecule has 2 amide bonds. The lowest BCUT2D eigenvalue weighted by atomic mass is 10.1. The van der Waals surface area contributed by atoms with Crippen LogP contribution in [0.1, 0.15) is 117 Å². The van der Waals surface area contributed by atoms with Crippen LogP contribution in [0.3, 0.4) is 0 Å². The fourth-order valence-electron chi connectivity index (χ4n) is 7.77. The van der Waals surface area contributed by atoms with Crippen molar-refractivity contribution in [3.8, 4) is 0 Å². The van der Waals surface area contributed by atoms with Crippen LogP contribution >= 0.6 is 14.3 Å². The summed E-state index contributed by atoms with van der Waals surface area (Å²) in [6.45, 7) is 7.07. The highest BCUT2D eigenvalue weighted by Crippen LogP contribution is 2.44. The van der Waals surface area contributed by atoms with Crippen LogP contribution in [0.2, 0.25) is 0 Å². The Bertz CT molecular complexity index is 1600. The maximum atomic E-state index is 14.8. The monoisotopic (exact) mass is 824 g/mol. The zero-order valence-corrected chi connectivity index (χ0v) is 37.3. The van der Waals surface area contributed by atoms with Crippen molar-refractivity contribution in [2.24, 2.45) is 0 Å². The number of carbonyl (C=O) groups is 2. The van der Waals surface area contributed by atoms with Crippen molar-refractivity contribution in [1.82, 2.24) is 9.80 Å². The van der Waals surface area contributed by atoms with E-state index < -0.39 is 14.3 Å². The van der Waals surface area contributed by atoms with Gasteiger partial charge in [-0.25, -0.2) is 0 Å². The van der Waals surface area contributed by atoms with Crippen molar-refractivity contribution in [1.29, 1.82) is 0 Å². The maximum absolute atomic E-state index is 14.8. The van der Waals surface area contributed by atoms with Gasteiger partial charge in [0.2, 0.25) is 11.8 Å². The van der Waals surface area contributed by atoms with E-state index in [2.05, 4.69) is 13.8 Å². The van der Waals surface area contributed by atoms with Crippen LogP contribution in [0.5, 0.6) is 0 Å². The predicted molar refractivity (Wildman–Crippen MR) is 248 cm³/mol. The minimum absolute atomic E-state index is 0.0117. The lowest BCUT2D eigenvalue weighted by Gasteiger charge is -2.27. The van der Waals surface area contributed by atoms with Gasteiger partial charge in [-0.1, -0.05) is 212 Å². The van der Waals surface area contributed by atoms with E-state index in [9.17, 15) is 18.7 Å². The Morgan fingerprint density at radius 2 is 0.586 bits per heavy atom. The highest BCUT2D eigenvalue weighted by atomic mass is 31.2. The van der Waals surface area contributed by atoms with Crippen molar-refractivity contribution >= 4 is 47.3 Å². The Morgan fingerprint density at radius 3 is 0.828 bits per heavy atom. The molecule has 58 heavy (non-hydrogen) atoms. The number of amides is 2.